The summed E-state index contributed by atoms with van der Waals surface area (Å²) in [7, 11) is 0. The Bertz CT molecular complexity index is 1150. The number of hydrogen-bond donors (Lipinski definition) is 1. The van der Waals surface area contributed by atoms with Crippen molar-refractivity contribution in [2.45, 2.75) is 13.8 Å². The van der Waals surface area contributed by atoms with Crippen LogP contribution in [0, 0.1) is 6.92 Å². The molecule has 0 fully saturated rings. The van der Waals surface area contributed by atoms with E-state index in [1.54, 1.807) is 6.07 Å². The molecule has 1 amide bonds. The van der Waals surface area contributed by atoms with Gasteiger partial charge in [0.15, 0.2) is 0 Å². The minimum absolute atomic E-state index is 0.169. The number of hydrogen-bond acceptors (Lipinski definition) is 4. The number of rotatable bonds is 4. The van der Waals surface area contributed by atoms with Gasteiger partial charge in [-0.15, -0.1) is 11.3 Å². The number of thiophene rings is 1. The van der Waals surface area contributed by atoms with E-state index in [2.05, 4.69) is 16.4 Å². The molecule has 0 bridgehead atoms. The molecule has 0 aliphatic carbocycles. The lowest BCUT2D eigenvalue weighted by Crippen LogP contribution is -2.09. The molecule has 0 saturated carbocycles. The van der Waals surface area contributed by atoms with Crippen molar-refractivity contribution in [1.82, 2.24) is 4.98 Å². The Morgan fingerprint density at radius 2 is 1.93 bits per heavy atom. The Kier molecular flexibility index (Phi) is 4.72. The van der Waals surface area contributed by atoms with Crippen molar-refractivity contribution in [2.75, 3.05) is 11.9 Å². The number of benzene rings is 2. The van der Waals surface area contributed by atoms with Crippen molar-refractivity contribution < 1.29 is 9.53 Å². The number of halogens is 1. The summed E-state index contributed by atoms with van der Waals surface area (Å²) in [6.07, 6.45) is 0. The molecule has 2 aromatic heterocycles. The number of carbonyl (C=O) groups is 1. The average Bonchev–Trinajstić information content (AvgIpc) is 3.11. The highest BCUT2D eigenvalue weighted by molar-refractivity contribution is 7.22. The number of carbonyl (C=O) groups excluding carboxylic acids is 1. The van der Waals surface area contributed by atoms with Gasteiger partial charge in [0, 0.05) is 21.2 Å². The van der Waals surface area contributed by atoms with E-state index in [0.29, 0.717) is 22.3 Å². The highest BCUT2D eigenvalue weighted by atomic mass is 35.5. The summed E-state index contributed by atoms with van der Waals surface area (Å²) < 4.78 is 6.40. The topological polar surface area (TPSA) is 51.2 Å². The second-order valence-electron chi connectivity index (χ2n) is 6.19. The number of nitrogens with one attached hydrogen (secondary N) is 1. The SMILES string of the molecule is CCOc1ccc(NC(=O)c2cc3c(Cl)nc4ccc(C)cc4c3s2)cc1. The first-order chi connectivity index (χ1) is 13.0. The van der Waals surface area contributed by atoms with Gasteiger partial charge in [-0.2, -0.15) is 0 Å². The van der Waals surface area contributed by atoms with Crippen molar-refractivity contribution in [3.05, 3.63) is 64.1 Å². The smallest absolute Gasteiger partial charge is 0.265 e. The molecule has 0 saturated heterocycles. The Morgan fingerprint density at radius 3 is 2.67 bits per heavy atom. The fraction of sp³-hybridized carbons (Fsp3) is 0.143. The number of pyridine rings is 1. The number of amides is 1. The zero-order valence-corrected chi connectivity index (χ0v) is 16.4. The van der Waals surface area contributed by atoms with Crippen LogP contribution in [0.25, 0.3) is 21.0 Å². The Labute approximate surface area is 165 Å². The number of nitrogens with zero attached hydrogens (tertiary/aromatic N) is 1. The molecular weight excluding hydrogens is 380 g/mol. The first-order valence-electron chi connectivity index (χ1n) is 8.59. The Hall–Kier alpha value is -2.63. The lowest BCUT2D eigenvalue weighted by molar-refractivity contribution is 0.103. The molecule has 4 aromatic rings. The molecule has 4 nitrogen and oxygen atoms in total. The highest BCUT2D eigenvalue weighted by Crippen LogP contribution is 2.36. The zero-order chi connectivity index (χ0) is 19.0. The van der Waals surface area contributed by atoms with Crippen molar-refractivity contribution >= 4 is 55.5 Å². The average molecular weight is 397 g/mol. The van der Waals surface area contributed by atoms with Gasteiger partial charge in [0.25, 0.3) is 5.91 Å². The van der Waals surface area contributed by atoms with E-state index in [1.165, 1.54) is 11.3 Å². The lowest BCUT2D eigenvalue weighted by atomic mass is 10.1. The van der Waals surface area contributed by atoms with Crippen LogP contribution < -0.4 is 10.1 Å². The van der Waals surface area contributed by atoms with Crippen molar-refractivity contribution in [1.29, 1.82) is 0 Å². The molecule has 2 aromatic carbocycles. The number of ether oxygens (including phenoxy) is 1. The van der Waals surface area contributed by atoms with Crippen molar-refractivity contribution in [3.63, 3.8) is 0 Å². The quantitative estimate of drug-likeness (QED) is 0.426. The number of anilines is 1. The van der Waals surface area contributed by atoms with Crippen LogP contribution in [0.5, 0.6) is 5.75 Å². The van der Waals surface area contributed by atoms with Crippen LogP contribution >= 0.6 is 22.9 Å². The molecule has 4 rings (SSSR count). The summed E-state index contributed by atoms with van der Waals surface area (Å²) in [6.45, 7) is 4.57. The van der Waals surface area contributed by atoms with E-state index < -0.39 is 0 Å². The molecule has 6 heteroatoms. The fourth-order valence-electron chi connectivity index (χ4n) is 2.95. The van der Waals surface area contributed by atoms with Crippen LogP contribution in [0.4, 0.5) is 5.69 Å². The van der Waals surface area contributed by atoms with E-state index in [9.17, 15) is 4.79 Å². The largest absolute Gasteiger partial charge is 0.494 e. The molecule has 0 aliphatic rings. The van der Waals surface area contributed by atoms with E-state index in [-0.39, 0.29) is 5.91 Å². The Morgan fingerprint density at radius 1 is 1.15 bits per heavy atom. The molecule has 136 valence electrons. The van der Waals surface area contributed by atoms with Gasteiger partial charge in [-0.3, -0.25) is 4.79 Å². The zero-order valence-electron chi connectivity index (χ0n) is 14.9. The minimum atomic E-state index is -0.169. The summed E-state index contributed by atoms with van der Waals surface area (Å²) >= 11 is 7.78. The van der Waals surface area contributed by atoms with Gasteiger partial charge >= 0.3 is 0 Å². The van der Waals surface area contributed by atoms with Crippen LogP contribution in [0.15, 0.2) is 48.5 Å². The van der Waals surface area contributed by atoms with Gasteiger partial charge in [0.05, 0.1) is 17.0 Å². The predicted octanol–water partition coefficient (Wildman–Crippen LogP) is 6.06. The maximum absolute atomic E-state index is 12.7. The van der Waals surface area contributed by atoms with Gasteiger partial charge in [-0.05, 0) is 56.3 Å². The molecule has 2 heterocycles. The standard InChI is InChI=1S/C21H17ClN2O2S/c1-3-26-14-7-5-13(6-8-14)23-21(25)18-11-16-19(27-18)15-10-12(2)4-9-17(15)24-20(16)22/h4-11H,3H2,1-2H3,(H,23,25). The van der Waals surface area contributed by atoms with Crippen LogP contribution in [-0.4, -0.2) is 17.5 Å². The number of fused-ring (bicyclic) bond motifs is 3. The Balaban J connectivity index is 1.69. The molecule has 0 spiro atoms. The normalized spacial score (nSPS) is 11.1. The third kappa shape index (κ3) is 3.48. The van der Waals surface area contributed by atoms with Gasteiger partial charge in [0.1, 0.15) is 10.9 Å². The second kappa shape index (κ2) is 7.18. The van der Waals surface area contributed by atoms with Crippen LogP contribution in [-0.2, 0) is 0 Å². The fourth-order valence-corrected chi connectivity index (χ4v) is 4.32. The molecule has 0 atom stereocenters. The van der Waals surface area contributed by atoms with Gasteiger partial charge in [-0.25, -0.2) is 4.98 Å². The number of aromatic nitrogens is 1. The second-order valence-corrected chi connectivity index (χ2v) is 7.60. The van der Waals surface area contributed by atoms with E-state index >= 15 is 0 Å². The predicted molar refractivity (Wildman–Crippen MR) is 112 cm³/mol. The maximum Gasteiger partial charge on any atom is 0.265 e. The third-order valence-corrected chi connectivity index (χ3v) is 5.67. The van der Waals surface area contributed by atoms with Crippen molar-refractivity contribution in [3.8, 4) is 5.75 Å². The van der Waals surface area contributed by atoms with E-state index in [4.69, 9.17) is 16.3 Å². The first kappa shape index (κ1) is 17.8. The summed E-state index contributed by atoms with van der Waals surface area (Å²) in [5.41, 5.74) is 2.69. The number of aryl methyl sites for hydroxylation is 1. The third-order valence-electron chi connectivity index (χ3n) is 4.22. The molecule has 0 unspecified atom stereocenters. The molecule has 1 N–H and O–H groups in total. The van der Waals surface area contributed by atoms with E-state index in [0.717, 1.165) is 32.3 Å². The summed E-state index contributed by atoms with van der Waals surface area (Å²) in [6, 6.07) is 15.2. The van der Waals surface area contributed by atoms with Gasteiger partial charge in [-0.1, -0.05) is 23.2 Å². The highest BCUT2D eigenvalue weighted by Gasteiger charge is 2.16. The molecule has 0 aliphatic heterocycles. The monoisotopic (exact) mass is 396 g/mol. The summed E-state index contributed by atoms with van der Waals surface area (Å²) in [5.74, 6) is 0.606. The summed E-state index contributed by atoms with van der Waals surface area (Å²) in [4.78, 5) is 17.8. The maximum atomic E-state index is 12.7. The first-order valence-corrected chi connectivity index (χ1v) is 9.78. The van der Waals surface area contributed by atoms with Crippen LogP contribution in [0.2, 0.25) is 5.15 Å². The van der Waals surface area contributed by atoms with Crippen LogP contribution in [0.3, 0.4) is 0 Å². The van der Waals surface area contributed by atoms with Gasteiger partial charge in [0.2, 0.25) is 0 Å². The van der Waals surface area contributed by atoms with Gasteiger partial charge < -0.3 is 10.1 Å². The lowest BCUT2D eigenvalue weighted by Gasteiger charge is -2.06. The minimum Gasteiger partial charge on any atom is -0.494 e. The molecule has 27 heavy (non-hydrogen) atoms. The van der Waals surface area contributed by atoms with Crippen LogP contribution in [0.1, 0.15) is 22.2 Å². The van der Waals surface area contributed by atoms with Crippen molar-refractivity contribution in [2.24, 2.45) is 0 Å². The summed E-state index contributed by atoms with van der Waals surface area (Å²) in [5, 5.41) is 5.15. The molecular formula is C21H17ClN2O2S. The van der Waals surface area contributed by atoms with E-state index in [1.807, 2.05) is 50.2 Å². The molecule has 0 radical (unpaired) electrons.